The number of ether oxygens (including phenoxy) is 2. The SMILES string of the molecule is Cc1ccc(CCCN2CC(COc3ccncc3)C3(CCOCC3)C2)o1. The topological polar surface area (TPSA) is 47.7 Å². The van der Waals surface area contributed by atoms with Crippen molar-refractivity contribution in [1.29, 1.82) is 0 Å². The zero-order valence-electron chi connectivity index (χ0n) is 16.2. The lowest BCUT2D eigenvalue weighted by Gasteiger charge is -2.38. The van der Waals surface area contributed by atoms with E-state index in [1.54, 1.807) is 12.4 Å². The van der Waals surface area contributed by atoms with Crippen LogP contribution in [0.5, 0.6) is 5.75 Å². The molecule has 2 fully saturated rings. The molecule has 0 radical (unpaired) electrons. The van der Waals surface area contributed by atoms with Crippen molar-refractivity contribution in [3.05, 3.63) is 48.2 Å². The average Bonchev–Trinajstić information content (AvgIpc) is 3.25. The molecule has 146 valence electrons. The van der Waals surface area contributed by atoms with Gasteiger partial charge in [0.25, 0.3) is 0 Å². The molecule has 5 heteroatoms. The Bertz CT molecular complexity index is 709. The maximum Gasteiger partial charge on any atom is 0.122 e. The summed E-state index contributed by atoms with van der Waals surface area (Å²) in [5.74, 6) is 3.57. The highest BCUT2D eigenvalue weighted by Crippen LogP contribution is 2.44. The van der Waals surface area contributed by atoms with Gasteiger partial charge in [-0.1, -0.05) is 0 Å². The molecule has 0 aliphatic carbocycles. The summed E-state index contributed by atoms with van der Waals surface area (Å²) < 4.78 is 17.5. The molecule has 2 aromatic rings. The molecule has 2 aliphatic rings. The van der Waals surface area contributed by atoms with E-state index in [1.165, 1.54) is 0 Å². The minimum absolute atomic E-state index is 0.340. The molecule has 0 aromatic carbocycles. The molecule has 1 atom stereocenters. The Hall–Kier alpha value is -1.85. The number of nitrogens with zero attached hydrogens (tertiary/aromatic N) is 2. The summed E-state index contributed by atoms with van der Waals surface area (Å²) in [6, 6.07) is 8.03. The maximum atomic E-state index is 6.12. The van der Waals surface area contributed by atoms with Gasteiger partial charge in [-0.15, -0.1) is 0 Å². The van der Waals surface area contributed by atoms with Crippen LogP contribution in [0.3, 0.4) is 0 Å². The smallest absolute Gasteiger partial charge is 0.122 e. The molecule has 1 spiro atoms. The van der Waals surface area contributed by atoms with Crippen molar-refractivity contribution in [3.8, 4) is 5.75 Å². The Kier molecular flexibility index (Phi) is 5.79. The fraction of sp³-hybridized carbons (Fsp3) is 0.591. The van der Waals surface area contributed by atoms with Crippen LogP contribution >= 0.6 is 0 Å². The third kappa shape index (κ3) is 4.53. The molecular formula is C22H30N2O3. The van der Waals surface area contributed by atoms with Gasteiger partial charge in [0.05, 0.1) is 6.61 Å². The molecule has 0 N–H and O–H groups in total. The first-order valence-electron chi connectivity index (χ1n) is 10.1. The Morgan fingerprint density at radius 3 is 2.74 bits per heavy atom. The molecule has 0 saturated carbocycles. The van der Waals surface area contributed by atoms with Crippen LogP contribution in [0.1, 0.15) is 30.8 Å². The monoisotopic (exact) mass is 370 g/mol. The average molecular weight is 370 g/mol. The second-order valence-corrected chi connectivity index (χ2v) is 8.02. The van der Waals surface area contributed by atoms with Crippen LogP contribution in [0, 0.1) is 18.3 Å². The number of rotatable bonds is 7. The van der Waals surface area contributed by atoms with Crippen molar-refractivity contribution in [2.24, 2.45) is 11.3 Å². The Balaban J connectivity index is 1.34. The quantitative estimate of drug-likeness (QED) is 0.743. The Labute approximate surface area is 161 Å². The van der Waals surface area contributed by atoms with E-state index in [-0.39, 0.29) is 0 Å². The van der Waals surface area contributed by atoms with Crippen molar-refractivity contribution < 1.29 is 13.9 Å². The molecule has 2 aliphatic heterocycles. The fourth-order valence-corrected chi connectivity index (χ4v) is 4.62. The van der Waals surface area contributed by atoms with Gasteiger partial charge < -0.3 is 18.8 Å². The standard InChI is InChI=1S/C22H30N2O3/c1-18-4-5-21(27-18)3-2-12-24-15-19(16-26-20-6-10-23-11-7-20)22(17-24)8-13-25-14-9-22/h4-7,10-11,19H,2-3,8-9,12-17H2,1H3. The molecule has 0 amide bonds. The molecule has 2 saturated heterocycles. The van der Waals surface area contributed by atoms with E-state index in [9.17, 15) is 0 Å². The van der Waals surface area contributed by atoms with Crippen LogP contribution in [0.15, 0.2) is 41.1 Å². The number of aromatic nitrogens is 1. The third-order valence-electron chi connectivity index (χ3n) is 6.17. The Morgan fingerprint density at radius 1 is 1.19 bits per heavy atom. The predicted molar refractivity (Wildman–Crippen MR) is 104 cm³/mol. The Morgan fingerprint density at radius 2 is 2.00 bits per heavy atom. The molecule has 2 aromatic heterocycles. The van der Waals surface area contributed by atoms with Gasteiger partial charge in [-0.3, -0.25) is 4.98 Å². The van der Waals surface area contributed by atoms with E-state index < -0.39 is 0 Å². The number of hydrogen-bond acceptors (Lipinski definition) is 5. The fourth-order valence-electron chi connectivity index (χ4n) is 4.62. The maximum absolute atomic E-state index is 6.12. The number of furan rings is 1. The summed E-state index contributed by atoms with van der Waals surface area (Å²) in [7, 11) is 0. The number of aryl methyl sites for hydroxylation is 2. The largest absolute Gasteiger partial charge is 0.493 e. The molecule has 0 bridgehead atoms. The minimum Gasteiger partial charge on any atom is -0.493 e. The van der Waals surface area contributed by atoms with Crippen molar-refractivity contribution >= 4 is 0 Å². The highest BCUT2D eigenvalue weighted by molar-refractivity contribution is 5.17. The number of hydrogen-bond donors (Lipinski definition) is 0. The summed E-state index contributed by atoms with van der Waals surface area (Å²) in [6.07, 6.45) is 8.01. The van der Waals surface area contributed by atoms with Crippen molar-refractivity contribution in [3.63, 3.8) is 0 Å². The van der Waals surface area contributed by atoms with Crippen LogP contribution in [0.25, 0.3) is 0 Å². The summed E-state index contributed by atoms with van der Waals surface area (Å²) in [4.78, 5) is 6.69. The van der Waals surface area contributed by atoms with Crippen molar-refractivity contribution in [2.75, 3.05) is 39.5 Å². The van der Waals surface area contributed by atoms with E-state index >= 15 is 0 Å². The first-order valence-corrected chi connectivity index (χ1v) is 10.1. The predicted octanol–water partition coefficient (Wildman–Crippen LogP) is 3.72. The van der Waals surface area contributed by atoms with Crippen molar-refractivity contribution in [1.82, 2.24) is 9.88 Å². The van der Waals surface area contributed by atoms with Crippen LogP contribution in [-0.2, 0) is 11.2 Å². The van der Waals surface area contributed by atoms with E-state index in [1.807, 2.05) is 19.1 Å². The highest BCUT2D eigenvalue weighted by atomic mass is 16.5. The van der Waals surface area contributed by atoms with Gasteiger partial charge in [0, 0.05) is 51.0 Å². The lowest BCUT2D eigenvalue weighted by Crippen LogP contribution is -2.39. The second-order valence-electron chi connectivity index (χ2n) is 8.02. The highest BCUT2D eigenvalue weighted by Gasteiger charge is 2.47. The molecular weight excluding hydrogens is 340 g/mol. The van der Waals surface area contributed by atoms with Crippen LogP contribution in [0.2, 0.25) is 0 Å². The molecule has 5 nitrogen and oxygen atoms in total. The molecule has 27 heavy (non-hydrogen) atoms. The van der Waals surface area contributed by atoms with Gasteiger partial charge in [0.1, 0.15) is 17.3 Å². The van der Waals surface area contributed by atoms with Gasteiger partial charge in [0.15, 0.2) is 0 Å². The van der Waals surface area contributed by atoms with E-state index in [2.05, 4.69) is 22.0 Å². The van der Waals surface area contributed by atoms with Gasteiger partial charge >= 0.3 is 0 Å². The summed E-state index contributed by atoms with van der Waals surface area (Å²) in [5, 5.41) is 0. The summed E-state index contributed by atoms with van der Waals surface area (Å²) >= 11 is 0. The van der Waals surface area contributed by atoms with Crippen LogP contribution in [0.4, 0.5) is 0 Å². The normalized spacial score (nSPS) is 22.3. The summed E-state index contributed by atoms with van der Waals surface area (Å²) in [5.41, 5.74) is 0.340. The lowest BCUT2D eigenvalue weighted by molar-refractivity contribution is -0.00928. The number of likely N-dealkylation sites (tertiary alicyclic amines) is 1. The van der Waals surface area contributed by atoms with Gasteiger partial charge in [0.2, 0.25) is 0 Å². The lowest BCUT2D eigenvalue weighted by atomic mass is 9.72. The molecule has 1 unspecified atom stereocenters. The zero-order valence-corrected chi connectivity index (χ0v) is 16.2. The van der Waals surface area contributed by atoms with Crippen LogP contribution < -0.4 is 4.74 Å². The second kappa shape index (κ2) is 8.44. The van der Waals surface area contributed by atoms with Crippen LogP contribution in [-0.4, -0.2) is 49.3 Å². The minimum atomic E-state index is 0.340. The first-order chi connectivity index (χ1) is 13.2. The molecule has 4 heterocycles. The van der Waals surface area contributed by atoms with E-state index in [4.69, 9.17) is 13.9 Å². The molecule has 4 rings (SSSR count). The van der Waals surface area contributed by atoms with Gasteiger partial charge in [-0.25, -0.2) is 0 Å². The zero-order chi connectivity index (χ0) is 18.5. The van der Waals surface area contributed by atoms with Gasteiger partial charge in [-0.2, -0.15) is 0 Å². The van der Waals surface area contributed by atoms with E-state index in [0.717, 1.165) is 82.4 Å². The summed E-state index contributed by atoms with van der Waals surface area (Å²) in [6.45, 7) is 7.94. The third-order valence-corrected chi connectivity index (χ3v) is 6.17. The van der Waals surface area contributed by atoms with Gasteiger partial charge in [-0.05, 0) is 62.4 Å². The number of pyridine rings is 1. The first kappa shape index (κ1) is 18.5. The van der Waals surface area contributed by atoms with E-state index in [0.29, 0.717) is 11.3 Å². The van der Waals surface area contributed by atoms with Crippen molar-refractivity contribution in [2.45, 2.75) is 32.6 Å².